The zero-order valence-electron chi connectivity index (χ0n) is 13.0. The Morgan fingerprint density at radius 2 is 1.82 bits per heavy atom. The third-order valence-corrected chi connectivity index (χ3v) is 3.67. The topological polar surface area (TPSA) is 55.8 Å². The highest BCUT2D eigenvalue weighted by Gasteiger charge is 2.23. The summed E-state index contributed by atoms with van der Waals surface area (Å²) in [6.45, 7) is 1.88. The summed E-state index contributed by atoms with van der Waals surface area (Å²) in [5.74, 6) is -0.289. The number of methoxy groups -OCH3 is 2. The second kappa shape index (κ2) is 6.98. The van der Waals surface area contributed by atoms with Crippen molar-refractivity contribution in [3.05, 3.63) is 59.2 Å². The number of benzene rings is 2. The van der Waals surface area contributed by atoms with E-state index in [0.717, 1.165) is 11.1 Å². The highest BCUT2D eigenvalue weighted by Crippen LogP contribution is 2.35. The van der Waals surface area contributed by atoms with Crippen LogP contribution in [0.15, 0.2) is 42.5 Å². The molecule has 0 aromatic heterocycles. The number of hydrogen-bond acceptors (Lipinski definition) is 3. The highest BCUT2D eigenvalue weighted by molar-refractivity contribution is 5.77. The molecule has 2 aromatic rings. The first kappa shape index (κ1) is 15.9. The third kappa shape index (κ3) is 3.39. The van der Waals surface area contributed by atoms with Gasteiger partial charge >= 0.3 is 5.97 Å². The van der Waals surface area contributed by atoms with Crippen LogP contribution >= 0.6 is 0 Å². The summed E-state index contributed by atoms with van der Waals surface area (Å²) in [5, 5.41) is 9.60. The van der Waals surface area contributed by atoms with Gasteiger partial charge in [-0.15, -0.1) is 0 Å². The maximum absolute atomic E-state index is 11.7. The van der Waals surface area contributed by atoms with Gasteiger partial charge in [-0.05, 0) is 36.1 Å². The number of hydrogen-bond donors (Lipinski definition) is 1. The van der Waals surface area contributed by atoms with E-state index in [0.29, 0.717) is 23.5 Å². The summed E-state index contributed by atoms with van der Waals surface area (Å²) in [6, 6.07) is 13.2. The van der Waals surface area contributed by atoms with Crippen LogP contribution in [0.4, 0.5) is 0 Å². The normalized spacial score (nSPS) is 11.8. The Kier molecular flexibility index (Phi) is 5.04. The van der Waals surface area contributed by atoms with Crippen LogP contribution in [0.1, 0.15) is 22.6 Å². The van der Waals surface area contributed by atoms with E-state index in [1.54, 1.807) is 20.3 Å². The van der Waals surface area contributed by atoms with Gasteiger partial charge in [0.05, 0.1) is 20.1 Å². The Morgan fingerprint density at radius 3 is 2.36 bits per heavy atom. The fourth-order valence-corrected chi connectivity index (χ4v) is 2.58. The maximum atomic E-state index is 11.7. The Morgan fingerprint density at radius 1 is 1.14 bits per heavy atom. The minimum absolute atomic E-state index is 0.436. The van der Waals surface area contributed by atoms with Crippen LogP contribution in [-0.4, -0.2) is 25.3 Å². The quantitative estimate of drug-likeness (QED) is 0.888. The van der Waals surface area contributed by atoms with Crippen molar-refractivity contribution in [1.29, 1.82) is 0 Å². The molecular weight excluding hydrogens is 280 g/mol. The standard InChI is InChI=1S/C18H20O4/c1-12-9-14(11-16(21-2)17(12)22-3)15(18(19)20)10-13-7-5-4-6-8-13/h4-9,11,15H,10H2,1-3H3,(H,19,20)/t15-/m0/s1. The number of carbonyl (C=O) groups is 1. The maximum Gasteiger partial charge on any atom is 0.311 e. The molecule has 0 radical (unpaired) electrons. The number of rotatable bonds is 6. The lowest BCUT2D eigenvalue weighted by Gasteiger charge is -2.17. The number of aryl methyl sites for hydroxylation is 1. The lowest BCUT2D eigenvalue weighted by atomic mass is 9.90. The van der Waals surface area contributed by atoms with Crippen molar-refractivity contribution in [2.45, 2.75) is 19.3 Å². The molecule has 0 aliphatic rings. The first-order valence-corrected chi connectivity index (χ1v) is 7.06. The van der Waals surface area contributed by atoms with Crippen molar-refractivity contribution < 1.29 is 19.4 Å². The second-order valence-electron chi connectivity index (χ2n) is 5.15. The van der Waals surface area contributed by atoms with E-state index >= 15 is 0 Å². The van der Waals surface area contributed by atoms with Gasteiger partial charge in [0.25, 0.3) is 0 Å². The van der Waals surface area contributed by atoms with Gasteiger partial charge in [0.15, 0.2) is 11.5 Å². The molecule has 2 aromatic carbocycles. The molecule has 0 aliphatic heterocycles. The van der Waals surface area contributed by atoms with E-state index in [2.05, 4.69) is 0 Å². The third-order valence-electron chi connectivity index (χ3n) is 3.67. The Labute approximate surface area is 130 Å². The lowest BCUT2D eigenvalue weighted by Crippen LogP contribution is -2.15. The van der Waals surface area contributed by atoms with Crippen molar-refractivity contribution >= 4 is 5.97 Å². The molecular formula is C18H20O4. The zero-order valence-corrected chi connectivity index (χ0v) is 13.0. The summed E-state index contributed by atoms with van der Waals surface area (Å²) < 4.78 is 10.6. The van der Waals surface area contributed by atoms with Gasteiger partial charge in [-0.25, -0.2) is 0 Å². The minimum atomic E-state index is -0.851. The lowest BCUT2D eigenvalue weighted by molar-refractivity contribution is -0.138. The average molecular weight is 300 g/mol. The van der Waals surface area contributed by atoms with Crippen LogP contribution in [0.2, 0.25) is 0 Å². The van der Waals surface area contributed by atoms with Crippen molar-refractivity contribution in [2.75, 3.05) is 14.2 Å². The zero-order chi connectivity index (χ0) is 16.1. The van der Waals surface area contributed by atoms with Crippen LogP contribution < -0.4 is 9.47 Å². The van der Waals surface area contributed by atoms with Crippen LogP contribution in [0.5, 0.6) is 11.5 Å². The molecule has 116 valence electrons. The van der Waals surface area contributed by atoms with Gasteiger partial charge in [-0.2, -0.15) is 0 Å². The predicted molar refractivity (Wildman–Crippen MR) is 84.8 cm³/mol. The molecule has 0 aliphatic carbocycles. The largest absolute Gasteiger partial charge is 0.493 e. The summed E-state index contributed by atoms with van der Waals surface area (Å²) in [5.41, 5.74) is 2.56. The van der Waals surface area contributed by atoms with Gasteiger partial charge in [-0.1, -0.05) is 36.4 Å². The van der Waals surface area contributed by atoms with Crippen LogP contribution in [0.3, 0.4) is 0 Å². The molecule has 1 N–H and O–H groups in total. The van der Waals surface area contributed by atoms with Crippen LogP contribution in [-0.2, 0) is 11.2 Å². The second-order valence-corrected chi connectivity index (χ2v) is 5.15. The molecule has 22 heavy (non-hydrogen) atoms. The molecule has 0 saturated carbocycles. The molecule has 4 nitrogen and oxygen atoms in total. The van der Waals surface area contributed by atoms with Crippen molar-refractivity contribution in [2.24, 2.45) is 0 Å². The van der Waals surface area contributed by atoms with Gasteiger partial charge in [0, 0.05) is 0 Å². The van der Waals surface area contributed by atoms with E-state index in [-0.39, 0.29) is 0 Å². The van der Waals surface area contributed by atoms with Crippen LogP contribution in [0, 0.1) is 6.92 Å². The van der Waals surface area contributed by atoms with Gasteiger partial charge in [0.1, 0.15) is 0 Å². The van der Waals surface area contributed by atoms with E-state index in [4.69, 9.17) is 9.47 Å². The van der Waals surface area contributed by atoms with E-state index in [9.17, 15) is 9.90 Å². The molecule has 0 amide bonds. The number of carboxylic acid groups (broad SMARTS) is 1. The first-order chi connectivity index (χ1) is 10.6. The van der Waals surface area contributed by atoms with Gasteiger partial charge in [0.2, 0.25) is 0 Å². The van der Waals surface area contributed by atoms with E-state index < -0.39 is 11.9 Å². The summed E-state index contributed by atoms with van der Waals surface area (Å²) in [7, 11) is 3.12. The van der Waals surface area contributed by atoms with Crippen molar-refractivity contribution in [3.8, 4) is 11.5 Å². The smallest absolute Gasteiger partial charge is 0.311 e. The molecule has 0 heterocycles. The van der Waals surface area contributed by atoms with Crippen LogP contribution in [0.25, 0.3) is 0 Å². The van der Waals surface area contributed by atoms with E-state index in [1.807, 2.05) is 43.3 Å². The summed E-state index contributed by atoms with van der Waals surface area (Å²) in [4.78, 5) is 11.7. The molecule has 0 saturated heterocycles. The fraction of sp³-hybridized carbons (Fsp3) is 0.278. The summed E-state index contributed by atoms with van der Waals surface area (Å²) in [6.07, 6.45) is 0.436. The average Bonchev–Trinajstić information content (AvgIpc) is 2.52. The Balaban J connectivity index is 2.41. The molecule has 4 heteroatoms. The molecule has 0 fully saturated rings. The molecule has 1 atom stereocenters. The number of carboxylic acids is 1. The van der Waals surface area contributed by atoms with E-state index in [1.165, 1.54) is 0 Å². The molecule has 0 unspecified atom stereocenters. The SMILES string of the molecule is COc1cc([C@H](Cc2ccccc2)C(=O)O)cc(C)c1OC. The summed E-state index contributed by atoms with van der Waals surface area (Å²) >= 11 is 0. The Hall–Kier alpha value is -2.49. The fourth-order valence-electron chi connectivity index (χ4n) is 2.58. The van der Waals surface area contributed by atoms with Crippen molar-refractivity contribution in [1.82, 2.24) is 0 Å². The van der Waals surface area contributed by atoms with Gasteiger partial charge < -0.3 is 14.6 Å². The highest BCUT2D eigenvalue weighted by atomic mass is 16.5. The molecule has 0 spiro atoms. The molecule has 0 bridgehead atoms. The number of aliphatic carboxylic acids is 1. The van der Waals surface area contributed by atoms with Gasteiger partial charge in [-0.3, -0.25) is 4.79 Å². The first-order valence-electron chi connectivity index (χ1n) is 7.06. The molecule has 2 rings (SSSR count). The minimum Gasteiger partial charge on any atom is -0.493 e. The van der Waals surface area contributed by atoms with Crippen molar-refractivity contribution in [3.63, 3.8) is 0 Å². The Bertz CT molecular complexity index is 650. The number of ether oxygens (including phenoxy) is 2. The predicted octanol–water partition coefficient (Wildman–Crippen LogP) is 3.42. The monoisotopic (exact) mass is 300 g/mol.